The molecule has 1 aromatic rings. The SMILES string of the molecule is CCCN(C)c1cc2c(cn1)N1CCN=C1N=C2C. The number of rotatable bonds is 3. The lowest BCUT2D eigenvalue weighted by molar-refractivity contribution is 0.837. The molecule has 5 nitrogen and oxygen atoms in total. The van der Waals surface area contributed by atoms with Crippen LogP contribution in [-0.4, -0.2) is 43.3 Å². The summed E-state index contributed by atoms with van der Waals surface area (Å²) in [7, 11) is 2.08. The van der Waals surface area contributed by atoms with Crippen molar-refractivity contribution in [1.29, 1.82) is 0 Å². The van der Waals surface area contributed by atoms with Gasteiger partial charge in [0.05, 0.1) is 24.1 Å². The van der Waals surface area contributed by atoms with Crippen LogP contribution in [0.3, 0.4) is 0 Å². The molecule has 0 aliphatic carbocycles. The summed E-state index contributed by atoms with van der Waals surface area (Å²) in [5, 5.41) is 0. The van der Waals surface area contributed by atoms with E-state index >= 15 is 0 Å². The Labute approximate surface area is 113 Å². The number of hydrogen-bond acceptors (Lipinski definition) is 5. The summed E-state index contributed by atoms with van der Waals surface area (Å²) in [6, 6.07) is 2.14. The fraction of sp³-hybridized carbons (Fsp3) is 0.500. The average molecular weight is 257 g/mol. The second kappa shape index (κ2) is 4.64. The maximum Gasteiger partial charge on any atom is 0.225 e. The summed E-state index contributed by atoms with van der Waals surface area (Å²) < 4.78 is 0. The smallest absolute Gasteiger partial charge is 0.225 e. The number of hydrogen-bond donors (Lipinski definition) is 0. The quantitative estimate of drug-likeness (QED) is 0.831. The molecule has 0 radical (unpaired) electrons. The van der Waals surface area contributed by atoms with Gasteiger partial charge in [0.25, 0.3) is 0 Å². The molecule has 5 heteroatoms. The van der Waals surface area contributed by atoms with Crippen molar-refractivity contribution in [2.24, 2.45) is 9.98 Å². The van der Waals surface area contributed by atoms with Crippen LogP contribution in [0.2, 0.25) is 0 Å². The molecule has 19 heavy (non-hydrogen) atoms. The first-order valence-corrected chi connectivity index (χ1v) is 6.79. The van der Waals surface area contributed by atoms with Gasteiger partial charge in [-0.05, 0) is 19.4 Å². The summed E-state index contributed by atoms with van der Waals surface area (Å²) in [5.41, 5.74) is 3.34. The highest BCUT2D eigenvalue weighted by molar-refractivity contribution is 6.18. The van der Waals surface area contributed by atoms with E-state index in [4.69, 9.17) is 0 Å². The van der Waals surface area contributed by atoms with Gasteiger partial charge in [-0.3, -0.25) is 0 Å². The van der Waals surface area contributed by atoms with Crippen molar-refractivity contribution in [2.45, 2.75) is 20.3 Å². The Hall–Kier alpha value is -1.91. The van der Waals surface area contributed by atoms with Crippen LogP contribution in [0, 0.1) is 0 Å². The van der Waals surface area contributed by atoms with Crippen LogP contribution in [0.25, 0.3) is 0 Å². The summed E-state index contributed by atoms with van der Waals surface area (Å²) >= 11 is 0. The fourth-order valence-electron chi connectivity index (χ4n) is 2.57. The Morgan fingerprint density at radius 2 is 2.26 bits per heavy atom. The maximum atomic E-state index is 4.58. The average Bonchev–Trinajstić information content (AvgIpc) is 2.87. The molecule has 0 fully saturated rings. The molecule has 3 heterocycles. The number of aromatic nitrogens is 1. The minimum Gasteiger partial charge on any atom is -0.360 e. The van der Waals surface area contributed by atoms with E-state index in [2.05, 4.69) is 44.8 Å². The number of anilines is 2. The number of aliphatic imine (C=N–C) groups is 2. The van der Waals surface area contributed by atoms with Crippen molar-refractivity contribution in [3.05, 3.63) is 17.8 Å². The van der Waals surface area contributed by atoms with Gasteiger partial charge in [-0.2, -0.15) is 0 Å². The van der Waals surface area contributed by atoms with Crippen LogP contribution < -0.4 is 9.80 Å². The summed E-state index contributed by atoms with van der Waals surface area (Å²) in [4.78, 5) is 17.9. The van der Waals surface area contributed by atoms with Crippen molar-refractivity contribution in [1.82, 2.24) is 4.98 Å². The first-order valence-electron chi connectivity index (χ1n) is 6.79. The molecule has 0 aromatic carbocycles. The summed E-state index contributed by atoms with van der Waals surface area (Å²) in [5.74, 6) is 1.84. The van der Waals surface area contributed by atoms with Crippen LogP contribution in [0.15, 0.2) is 22.2 Å². The first-order chi connectivity index (χ1) is 9.20. The third kappa shape index (κ3) is 1.99. The number of pyridine rings is 1. The highest BCUT2D eigenvalue weighted by Crippen LogP contribution is 2.29. The van der Waals surface area contributed by atoms with E-state index in [0.717, 1.165) is 49.2 Å². The molecule has 2 aliphatic rings. The van der Waals surface area contributed by atoms with Gasteiger partial charge in [0.15, 0.2) is 0 Å². The van der Waals surface area contributed by atoms with Crippen LogP contribution in [0.5, 0.6) is 0 Å². The third-order valence-electron chi connectivity index (χ3n) is 3.59. The van der Waals surface area contributed by atoms with E-state index in [1.165, 1.54) is 5.56 Å². The van der Waals surface area contributed by atoms with Gasteiger partial charge in [0.2, 0.25) is 5.96 Å². The second-order valence-corrected chi connectivity index (χ2v) is 5.01. The third-order valence-corrected chi connectivity index (χ3v) is 3.59. The zero-order chi connectivity index (χ0) is 13.4. The van der Waals surface area contributed by atoms with Crippen LogP contribution >= 0.6 is 0 Å². The minimum atomic E-state index is 0.822. The molecule has 1 aromatic heterocycles. The number of fused-ring (bicyclic) bond motifs is 3. The lowest BCUT2D eigenvalue weighted by Gasteiger charge is -2.27. The van der Waals surface area contributed by atoms with E-state index in [1.807, 2.05) is 13.1 Å². The normalized spacial score (nSPS) is 16.7. The molecular weight excluding hydrogens is 238 g/mol. The van der Waals surface area contributed by atoms with Gasteiger partial charge in [0.1, 0.15) is 5.82 Å². The molecule has 0 unspecified atom stereocenters. The van der Waals surface area contributed by atoms with Gasteiger partial charge in [-0.15, -0.1) is 0 Å². The molecule has 100 valence electrons. The molecule has 0 atom stereocenters. The molecule has 2 aliphatic heterocycles. The molecule has 3 rings (SSSR count). The van der Waals surface area contributed by atoms with Crippen molar-refractivity contribution in [3.8, 4) is 0 Å². The van der Waals surface area contributed by atoms with E-state index in [9.17, 15) is 0 Å². The molecule has 0 N–H and O–H groups in total. The lowest BCUT2D eigenvalue weighted by atomic mass is 10.1. The van der Waals surface area contributed by atoms with Crippen molar-refractivity contribution < 1.29 is 0 Å². The molecule has 0 saturated carbocycles. The van der Waals surface area contributed by atoms with Crippen molar-refractivity contribution in [3.63, 3.8) is 0 Å². The Kier molecular flexibility index (Phi) is 2.97. The Bertz CT molecular complexity index is 561. The zero-order valence-electron chi connectivity index (χ0n) is 11.7. The first kappa shape index (κ1) is 12.1. The molecule has 0 saturated heterocycles. The highest BCUT2D eigenvalue weighted by Gasteiger charge is 2.27. The predicted octanol–water partition coefficient (Wildman–Crippen LogP) is 1.93. The van der Waals surface area contributed by atoms with Gasteiger partial charge in [-0.25, -0.2) is 15.0 Å². The van der Waals surface area contributed by atoms with Gasteiger partial charge >= 0.3 is 0 Å². The molecule has 0 bridgehead atoms. The Balaban J connectivity index is 2.01. The fourth-order valence-corrected chi connectivity index (χ4v) is 2.57. The van der Waals surface area contributed by atoms with Crippen LogP contribution in [0.4, 0.5) is 11.5 Å². The molecule has 0 amide bonds. The van der Waals surface area contributed by atoms with E-state index in [1.54, 1.807) is 0 Å². The second-order valence-electron chi connectivity index (χ2n) is 5.01. The van der Waals surface area contributed by atoms with Crippen molar-refractivity contribution in [2.75, 3.05) is 36.5 Å². The summed E-state index contributed by atoms with van der Waals surface area (Å²) in [6.45, 7) is 6.96. The summed E-state index contributed by atoms with van der Waals surface area (Å²) in [6.07, 6.45) is 3.07. The minimum absolute atomic E-state index is 0.822. The standard InChI is InChI=1S/C14H19N5/c1-4-6-18(3)13-8-11-10(2)17-14-15-5-7-19(14)12(11)9-16-13/h8-9H,4-7H2,1-3H3. The van der Waals surface area contributed by atoms with Gasteiger partial charge in [0, 0.05) is 25.7 Å². The van der Waals surface area contributed by atoms with E-state index in [-0.39, 0.29) is 0 Å². The van der Waals surface area contributed by atoms with E-state index < -0.39 is 0 Å². The zero-order valence-corrected chi connectivity index (χ0v) is 11.7. The van der Waals surface area contributed by atoms with E-state index in [0.29, 0.717) is 0 Å². The largest absolute Gasteiger partial charge is 0.360 e. The number of nitrogens with zero attached hydrogens (tertiary/aromatic N) is 5. The monoisotopic (exact) mass is 257 g/mol. The predicted molar refractivity (Wildman–Crippen MR) is 79.7 cm³/mol. The lowest BCUT2D eigenvalue weighted by Crippen LogP contribution is -2.32. The van der Waals surface area contributed by atoms with Crippen molar-refractivity contribution >= 4 is 23.2 Å². The van der Waals surface area contributed by atoms with Crippen LogP contribution in [-0.2, 0) is 0 Å². The number of guanidine groups is 1. The topological polar surface area (TPSA) is 44.1 Å². The molecule has 0 spiro atoms. The Morgan fingerprint density at radius 3 is 3.05 bits per heavy atom. The van der Waals surface area contributed by atoms with Crippen LogP contribution in [0.1, 0.15) is 25.8 Å². The highest BCUT2D eigenvalue weighted by atomic mass is 15.3. The Morgan fingerprint density at radius 1 is 1.42 bits per heavy atom. The van der Waals surface area contributed by atoms with Gasteiger partial charge < -0.3 is 9.80 Å². The molecular formula is C14H19N5. The van der Waals surface area contributed by atoms with Gasteiger partial charge in [-0.1, -0.05) is 6.92 Å². The maximum absolute atomic E-state index is 4.58.